The van der Waals surface area contributed by atoms with Gasteiger partial charge in [0.25, 0.3) is 5.91 Å². The van der Waals surface area contributed by atoms with E-state index in [1.807, 2.05) is 32.9 Å². The first-order valence-electron chi connectivity index (χ1n) is 12.3. The maximum absolute atomic E-state index is 13.3. The molecule has 2 aromatic carbocycles. The lowest BCUT2D eigenvalue weighted by Crippen LogP contribution is -2.42. The number of hydrogen-bond donors (Lipinski definition) is 0. The molecule has 12 heteroatoms. The number of para-hydroxylation sites is 1. The van der Waals surface area contributed by atoms with E-state index in [2.05, 4.69) is 4.98 Å². The average Bonchev–Trinajstić information content (AvgIpc) is 3.29. The van der Waals surface area contributed by atoms with Gasteiger partial charge in [0.15, 0.2) is 0 Å². The molecular weight excluding hydrogens is 533 g/mol. The molecule has 0 radical (unpaired) electrons. The van der Waals surface area contributed by atoms with Crippen LogP contribution in [0.3, 0.4) is 0 Å². The molecule has 0 atom stereocenters. The van der Waals surface area contributed by atoms with Crippen LogP contribution in [0.2, 0.25) is 0 Å². The van der Waals surface area contributed by atoms with Crippen LogP contribution in [0.5, 0.6) is 0 Å². The fraction of sp³-hybridized carbons (Fsp3) is 0.423. The molecule has 1 fully saturated rings. The summed E-state index contributed by atoms with van der Waals surface area (Å²) in [7, 11) is -4.43. The summed E-state index contributed by atoms with van der Waals surface area (Å²) >= 11 is 1.13. The summed E-state index contributed by atoms with van der Waals surface area (Å²) in [6.45, 7) is 6.49. The Labute approximate surface area is 225 Å². The number of halogens is 1. The Morgan fingerprint density at radius 1 is 1.11 bits per heavy atom. The number of carbonyl (C=O) groups is 2. The van der Waals surface area contributed by atoms with E-state index >= 15 is 0 Å². The highest BCUT2D eigenvalue weighted by atomic mass is 32.2. The second-order valence-electron chi connectivity index (χ2n) is 10.1. The SMILES string of the molecule is CC(C)(C)OC(=O)N1CCC(CCC(=O)N(OS(=O)(=O)c2ccc(F)cc2)c2nc3ccccc3s2)CC1. The van der Waals surface area contributed by atoms with Crippen LogP contribution in [0.4, 0.5) is 14.3 Å². The van der Waals surface area contributed by atoms with Gasteiger partial charge in [-0.2, -0.15) is 8.42 Å². The Kier molecular flexibility index (Phi) is 8.34. The maximum atomic E-state index is 13.3. The van der Waals surface area contributed by atoms with Crippen LogP contribution in [0, 0.1) is 11.7 Å². The first-order valence-corrected chi connectivity index (χ1v) is 14.5. The second-order valence-corrected chi connectivity index (χ2v) is 12.6. The number of carbonyl (C=O) groups excluding carboxylic acids is 2. The molecule has 1 saturated heterocycles. The molecule has 1 aliphatic rings. The molecule has 2 heterocycles. The van der Waals surface area contributed by atoms with Gasteiger partial charge in [0, 0.05) is 19.5 Å². The summed E-state index contributed by atoms with van der Waals surface area (Å²) in [4.78, 5) is 31.4. The maximum Gasteiger partial charge on any atom is 0.410 e. The summed E-state index contributed by atoms with van der Waals surface area (Å²) in [5.74, 6) is -0.992. The van der Waals surface area contributed by atoms with Gasteiger partial charge in [0.1, 0.15) is 11.4 Å². The third kappa shape index (κ3) is 7.06. The minimum Gasteiger partial charge on any atom is -0.444 e. The smallest absolute Gasteiger partial charge is 0.410 e. The Hall–Kier alpha value is -3.09. The first kappa shape index (κ1) is 27.9. The number of fused-ring (bicyclic) bond motifs is 1. The van der Waals surface area contributed by atoms with E-state index in [4.69, 9.17) is 9.02 Å². The number of nitrogens with zero attached hydrogens (tertiary/aromatic N) is 3. The lowest BCUT2D eigenvalue weighted by Gasteiger charge is -2.33. The molecule has 0 N–H and O–H groups in total. The molecule has 0 unspecified atom stereocenters. The molecule has 0 bridgehead atoms. The van der Waals surface area contributed by atoms with Gasteiger partial charge in [0.2, 0.25) is 5.13 Å². The van der Waals surface area contributed by atoms with Crippen molar-refractivity contribution in [2.45, 2.75) is 57.0 Å². The zero-order valence-corrected chi connectivity index (χ0v) is 23.1. The molecule has 1 aliphatic heterocycles. The lowest BCUT2D eigenvalue weighted by molar-refractivity contribution is -0.123. The molecule has 3 aromatic rings. The van der Waals surface area contributed by atoms with Crippen LogP contribution in [-0.4, -0.2) is 49.0 Å². The predicted octanol–water partition coefficient (Wildman–Crippen LogP) is 5.52. The Balaban J connectivity index is 1.45. The van der Waals surface area contributed by atoms with E-state index < -0.39 is 27.4 Å². The standard InChI is InChI=1S/C26H30FN3O6S2/c1-26(2,3)35-25(32)29-16-14-18(15-17-29)8-13-23(31)30(24-28-21-6-4-5-7-22(21)37-24)36-38(33,34)20-11-9-19(27)10-12-20/h4-7,9-12,18H,8,13-17H2,1-3H3. The van der Waals surface area contributed by atoms with Crippen LogP contribution in [0.1, 0.15) is 46.5 Å². The third-order valence-electron chi connectivity index (χ3n) is 5.99. The molecule has 38 heavy (non-hydrogen) atoms. The second kappa shape index (κ2) is 11.3. The van der Waals surface area contributed by atoms with Crippen LogP contribution < -0.4 is 5.06 Å². The normalized spacial score (nSPS) is 15.0. The van der Waals surface area contributed by atoms with Gasteiger partial charge < -0.3 is 9.64 Å². The number of ether oxygens (including phenoxy) is 1. The summed E-state index contributed by atoms with van der Waals surface area (Å²) in [6, 6.07) is 11.3. The summed E-state index contributed by atoms with van der Waals surface area (Å²) < 4.78 is 50.7. The van der Waals surface area contributed by atoms with Gasteiger partial charge in [-0.25, -0.2) is 14.2 Å². The molecule has 0 aliphatic carbocycles. The van der Waals surface area contributed by atoms with Crippen LogP contribution in [0.25, 0.3) is 10.2 Å². The topological polar surface area (TPSA) is 106 Å². The quantitative estimate of drug-likeness (QED) is 0.349. The molecule has 9 nitrogen and oxygen atoms in total. The number of aromatic nitrogens is 1. The van der Waals surface area contributed by atoms with E-state index in [0.717, 1.165) is 45.4 Å². The Morgan fingerprint density at radius 3 is 2.39 bits per heavy atom. The number of benzene rings is 2. The van der Waals surface area contributed by atoms with Gasteiger partial charge in [-0.05, 0) is 82.3 Å². The largest absolute Gasteiger partial charge is 0.444 e. The van der Waals surface area contributed by atoms with Crippen molar-refractivity contribution in [3.05, 3.63) is 54.3 Å². The van der Waals surface area contributed by atoms with E-state index in [1.165, 1.54) is 0 Å². The number of anilines is 1. The fourth-order valence-electron chi connectivity index (χ4n) is 4.03. The van der Waals surface area contributed by atoms with Crippen molar-refractivity contribution in [2.75, 3.05) is 18.2 Å². The van der Waals surface area contributed by atoms with E-state index in [0.29, 0.717) is 37.9 Å². The molecule has 1 aromatic heterocycles. The highest BCUT2D eigenvalue weighted by Gasteiger charge is 2.31. The summed E-state index contributed by atoms with van der Waals surface area (Å²) in [5, 5.41) is 0.806. The minimum atomic E-state index is -4.43. The zero-order chi connectivity index (χ0) is 27.5. The minimum absolute atomic E-state index is 0.0198. The predicted molar refractivity (Wildman–Crippen MR) is 142 cm³/mol. The van der Waals surface area contributed by atoms with Crippen molar-refractivity contribution in [3.8, 4) is 0 Å². The number of rotatable bonds is 7. The highest BCUT2D eigenvalue weighted by molar-refractivity contribution is 7.86. The molecule has 4 rings (SSSR count). The lowest BCUT2D eigenvalue weighted by atomic mass is 9.92. The van der Waals surface area contributed by atoms with E-state index in [-0.39, 0.29) is 28.5 Å². The van der Waals surface area contributed by atoms with E-state index in [1.54, 1.807) is 17.0 Å². The van der Waals surface area contributed by atoms with Crippen molar-refractivity contribution in [1.82, 2.24) is 9.88 Å². The van der Waals surface area contributed by atoms with Crippen LogP contribution >= 0.6 is 11.3 Å². The van der Waals surface area contributed by atoms with Crippen LogP contribution in [-0.2, 0) is 23.9 Å². The van der Waals surface area contributed by atoms with Gasteiger partial charge >= 0.3 is 16.2 Å². The average molecular weight is 564 g/mol. The number of thiazole rings is 1. The van der Waals surface area contributed by atoms with Gasteiger partial charge in [-0.15, -0.1) is 9.35 Å². The molecule has 2 amide bonds. The highest BCUT2D eigenvalue weighted by Crippen LogP contribution is 2.32. The molecular formula is C26H30FN3O6S2. The number of amides is 2. The number of hydrogen-bond acceptors (Lipinski definition) is 8. The van der Waals surface area contributed by atoms with Crippen molar-refractivity contribution >= 4 is 48.8 Å². The Bertz CT molecular complexity index is 1360. The molecule has 0 spiro atoms. The first-order chi connectivity index (χ1) is 17.9. The molecule has 0 saturated carbocycles. The van der Waals surface area contributed by atoms with E-state index in [9.17, 15) is 22.4 Å². The monoisotopic (exact) mass is 563 g/mol. The third-order valence-corrected chi connectivity index (χ3v) is 8.19. The van der Waals surface area contributed by atoms with Gasteiger partial charge in [-0.1, -0.05) is 23.5 Å². The summed E-state index contributed by atoms with van der Waals surface area (Å²) in [6.07, 6.45) is 1.55. The van der Waals surface area contributed by atoms with Gasteiger partial charge in [-0.3, -0.25) is 4.79 Å². The van der Waals surface area contributed by atoms with Gasteiger partial charge in [0.05, 0.1) is 15.1 Å². The fourth-order valence-corrected chi connectivity index (χ4v) is 5.91. The number of piperidine rings is 1. The Morgan fingerprint density at radius 2 is 1.76 bits per heavy atom. The number of likely N-dealkylation sites (tertiary alicyclic amines) is 1. The zero-order valence-electron chi connectivity index (χ0n) is 21.4. The van der Waals surface area contributed by atoms with Crippen molar-refractivity contribution in [3.63, 3.8) is 0 Å². The van der Waals surface area contributed by atoms with Crippen molar-refractivity contribution in [2.24, 2.45) is 5.92 Å². The van der Waals surface area contributed by atoms with Crippen molar-refractivity contribution < 1.29 is 31.4 Å². The number of hydroxylamine groups is 1. The summed E-state index contributed by atoms with van der Waals surface area (Å²) in [5.41, 5.74) is 0.0289. The van der Waals surface area contributed by atoms with Crippen molar-refractivity contribution in [1.29, 1.82) is 0 Å². The van der Waals surface area contributed by atoms with Crippen LogP contribution in [0.15, 0.2) is 53.4 Å². The molecule has 204 valence electrons.